The molecule has 0 aliphatic rings. The highest BCUT2D eigenvalue weighted by Crippen LogP contribution is 2.37. The minimum atomic E-state index is 0.493. The highest BCUT2D eigenvalue weighted by molar-refractivity contribution is 9.10. The smallest absolute Gasteiger partial charge is 0.175 e. The summed E-state index contributed by atoms with van der Waals surface area (Å²) in [6.07, 6.45) is 1.80. The second-order valence-corrected chi connectivity index (χ2v) is 7.16. The van der Waals surface area contributed by atoms with Crippen molar-refractivity contribution in [1.82, 2.24) is 10.3 Å². The summed E-state index contributed by atoms with van der Waals surface area (Å²) in [4.78, 5) is 4.32. The van der Waals surface area contributed by atoms with Gasteiger partial charge in [-0.1, -0.05) is 35.9 Å². The maximum Gasteiger partial charge on any atom is 0.175 e. The Hall–Kier alpha value is -2.37. The van der Waals surface area contributed by atoms with Crippen LogP contribution in [0, 0.1) is 6.92 Å². The Kier molecular flexibility index (Phi) is 6.85. The van der Waals surface area contributed by atoms with Crippen LogP contribution in [0.5, 0.6) is 11.5 Å². The number of benzene rings is 2. The van der Waals surface area contributed by atoms with Crippen LogP contribution < -0.4 is 14.8 Å². The summed E-state index contributed by atoms with van der Waals surface area (Å²) in [5, 5.41) is 3.40. The maximum absolute atomic E-state index is 6.01. The van der Waals surface area contributed by atoms with Gasteiger partial charge in [0.25, 0.3) is 0 Å². The van der Waals surface area contributed by atoms with Crippen molar-refractivity contribution < 1.29 is 9.47 Å². The first-order valence-corrected chi connectivity index (χ1v) is 9.60. The van der Waals surface area contributed by atoms with Crippen LogP contribution in [0.15, 0.2) is 65.3 Å². The molecule has 3 aromatic rings. The summed E-state index contributed by atoms with van der Waals surface area (Å²) >= 11 is 3.62. The van der Waals surface area contributed by atoms with E-state index in [9.17, 15) is 0 Å². The molecule has 0 spiro atoms. The average Bonchev–Trinajstić information content (AvgIpc) is 2.69. The zero-order chi connectivity index (χ0) is 19.1. The minimum absolute atomic E-state index is 0.493. The molecule has 1 N–H and O–H groups in total. The van der Waals surface area contributed by atoms with Crippen LogP contribution in [0.3, 0.4) is 0 Å². The molecule has 0 radical (unpaired) electrons. The van der Waals surface area contributed by atoms with Crippen molar-refractivity contribution in [3.8, 4) is 11.5 Å². The second kappa shape index (κ2) is 9.53. The number of hydrogen-bond acceptors (Lipinski definition) is 4. The van der Waals surface area contributed by atoms with Crippen molar-refractivity contribution in [2.75, 3.05) is 7.11 Å². The van der Waals surface area contributed by atoms with Crippen LogP contribution in [-0.4, -0.2) is 12.1 Å². The number of nitrogens with one attached hydrogen (secondary N) is 1. The van der Waals surface area contributed by atoms with Gasteiger partial charge in [0.15, 0.2) is 11.5 Å². The number of halogens is 1. The predicted octanol–water partition coefficient (Wildman–Crippen LogP) is 5.03. The van der Waals surface area contributed by atoms with Crippen molar-refractivity contribution in [1.29, 1.82) is 0 Å². The summed E-state index contributed by atoms with van der Waals surface area (Å²) in [6, 6.07) is 18.3. The van der Waals surface area contributed by atoms with Crippen molar-refractivity contribution in [3.63, 3.8) is 0 Å². The van der Waals surface area contributed by atoms with E-state index in [1.165, 1.54) is 5.56 Å². The lowest BCUT2D eigenvalue weighted by Crippen LogP contribution is -2.13. The van der Waals surface area contributed by atoms with E-state index in [4.69, 9.17) is 9.47 Å². The van der Waals surface area contributed by atoms with Gasteiger partial charge in [0.2, 0.25) is 0 Å². The molecular weight excluding hydrogens is 404 g/mol. The largest absolute Gasteiger partial charge is 0.493 e. The van der Waals surface area contributed by atoms with Gasteiger partial charge in [-0.3, -0.25) is 4.98 Å². The normalized spacial score (nSPS) is 10.6. The Bertz CT molecular complexity index is 867. The summed E-state index contributed by atoms with van der Waals surface area (Å²) in [5.74, 6) is 1.43. The van der Waals surface area contributed by atoms with Crippen LogP contribution in [0.2, 0.25) is 0 Å². The van der Waals surface area contributed by atoms with Gasteiger partial charge in [-0.2, -0.15) is 0 Å². The van der Waals surface area contributed by atoms with Crippen LogP contribution in [-0.2, 0) is 19.7 Å². The molecule has 2 aromatic carbocycles. The second-order valence-electron chi connectivity index (χ2n) is 6.31. The molecule has 0 aliphatic heterocycles. The fraction of sp³-hybridized carbons (Fsp3) is 0.227. The van der Waals surface area contributed by atoms with Crippen LogP contribution in [0.4, 0.5) is 0 Å². The summed E-state index contributed by atoms with van der Waals surface area (Å²) in [5.41, 5.74) is 4.48. The maximum atomic E-state index is 6.01. The standard InChI is InChI=1S/C22H23BrN2O2/c1-16-6-8-17(9-7-16)15-27-22-20(23)11-18(12-21(22)26-2)13-24-14-19-5-3-4-10-25-19/h3-12,24H,13-15H2,1-2H3. The molecule has 0 fully saturated rings. The molecule has 0 bridgehead atoms. The zero-order valence-electron chi connectivity index (χ0n) is 15.5. The predicted molar refractivity (Wildman–Crippen MR) is 111 cm³/mol. The summed E-state index contributed by atoms with van der Waals surface area (Å²) < 4.78 is 12.4. The summed E-state index contributed by atoms with van der Waals surface area (Å²) in [6.45, 7) is 3.99. The van der Waals surface area contributed by atoms with E-state index in [0.29, 0.717) is 31.2 Å². The molecule has 0 saturated heterocycles. The Balaban J connectivity index is 1.64. The lowest BCUT2D eigenvalue weighted by Gasteiger charge is -2.15. The third-order valence-electron chi connectivity index (χ3n) is 4.15. The van der Waals surface area contributed by atoms with E-state index >= 15 is 0 Å². The average molecular weight is 427 g/mol. The lowest BCUT2D eigenvalue weighted by atomic mass is 10.1. The first kappa shape index (κ1) is 19.4. The summed E-state index contributed by atoms with van der Waals surface area (Å²) in [7, 11) is 1.66. The van der Waals surface area contributed by atoms with E-state index in [1.807, 2.05) is 24.3 Å². The van der Waals surface area contributed by atoms with Crippen LogP contribution >= 0.6 is 15.9 Å². The Labute approximate surface area is 168 Å². The number of rotatable bonds is 8. The van der Waals surface area contributed by atoms with E-state index in [2.05, 4.69) is 63.5 Å². The Morgan fingerprint density at radius 3 is 2.52 bits per heavy atom. The van der Waals surface area contributed by atoms with E-state index < -0.39 is 0 Å². The molecule has 0 saturated carbocycles. The SMILES string of the molecule is COc1cc(CNCc2ccccn2)cc(Br)c1OCc1ccc(C)cc1. The highest BCUT2D eigenvalue weighted by atomic mass is 79.9. The molecule has 4 nitrogen and oxygen atoms in total. The first-order valence-electron chi connectivity index (χ1n) is 8.81. The van der Waals surface area contributed by atoms with Gasteiger partial charge >= 0.3 is 0 Å². The van der Waals surface area contributed by atoms with E-state index in [-0.39, 0.29) is 0 Å². The molecule has 140 valence electrons. The molecule has 1 heterocycles. The molecule has 1 aromatic heterocycles. The molecule has 0 unspecified atom stereocenters. The molecular formula is C22H23BrN2O2. The molecule has 3 rings (SSSR count). The molecule has 5 heteroatoms. The lowest BCUT2D eigenvalue weighted by molar-refractivity contribution is 0.282. The highest BCUT2D eigenvalue weighted by Gasteiger charge is 2.12. The number of aryl methyl sites for hydroxylation is 1. The monoisotopic (exact) mass is 426 g/mol. The fourth-order valence-electron chi connectivity index (χ4n) is 2.69. The molecule has 0 amide bonds. The van der Waals surface area contributed by atoms with Gasteiger partial charge in [-0.25, -0.2) is 0 Å². The van der Waals surface area contributed by atoms with Crippen LogP contribution in [0.1, 0.15) is 22.4 Å². The van der Waals surface area contributed by atoms with Crippen molar-refractivity contribution in [3.05, 3.63) is 87.7 Å². The van der Waals surface area contributed by atoms with Crippen molar-refractivity contribution >= 4 is 15.9 Å². The minimum Gasteiger partial charge on any atom is -0.493 e. The quantitative estimate of drug-likeness (QED) is 0.548. The van der Waals surface area contributed by atoms with Gasteiger partial charge < -0.3 is 14.8 Å². The van der Waals surface area contributed by atoms with Crippen molar-refractivity contribution in [2.24, 2.45) is 0 Å². The van der Waals surface area contributed by atoms with Gasteiger partial charge in [-0.05, 0) is 58.2 Å². The van der Waals surface area contributed by atoms with E-state index in [0.717, 1.165) is 21.3 Å². The van der Waals surface area contributed by atoms with Crippen LogP contribution in [0.25, 0.3) is 0 Å². The topological polar surface area (TPSA) is 43.4 Å². The third kappa shape index (κ3) is 5.55. The van der Waals surface area contributed by atoms with Gasteiger partial charge in [-0.15, -0.1) is 0 Å². The number of methoxy groups -OCH3 is 1. The first-order chi connectivity index (χ1) is 13.2. The Morgan fingerprint density at radius 2 is 1.81 bits per heavy atom. The fourth-order valence-corrected chi connectivity index (χ4v) is 3.30. The molecule has 0 aliphatic carbocycles. The van der Waals surface area contributed by atoms with Gasteiger partial charge in [0.05, 0.1) is 17.3 Å². The number of nitrogens with zero attached hydrogens (tertiary/aromatic N) is 1. The third-order valence-corrected chi connectivity index (χ3v) is 4.74. The number of ether oxygens (including phenoxy) is 2. The Morgan fingerprint density at radius 1 is 1.00 bits per heavy atom. The molecule has 27 heavy (non-hydrogen) atoms. The van der Waals surface area contributed by atoms with Gasteiger partial charge in [0, 0.05) is 19.3 Å². The number of hydrogen-bond donors (Lipinski definition) is 1. The number of aromatic nitrogens is 1. The molecule has 0 atom stereocenters. The van der Waals surface area contributed by atoms with Gasteiger partial charge in [0.1, 0.15) is 6.61 Å². The number of pyridine rings is 1. The zero-order valence-corrected chi connectivity index (χ0v) is 17.1. The van der Waals surface area contributed by atoms with E-state index in [1.54, 1.807) is 13.3 Å². The van der Waals surface area contributed by atoms with Crippen molar-refractivity contribution in [2.45, 2.75) is 26.6 Å².